The lowest BCUT2D eigenvalue weighted by Gasteiger charge is -2.14. The minimum absolute atomic E-state index is 0.0246. The van der Waals surface area contributed by atoms with Gasteiger partial charge in [-0.3, -0.25) is 19.8 Å². The van der Waals surface area contributed by atoms with Crippen LogP contribution in [0, 0.1) is 0 Å². The van der Waals surface area contributed by atoms with Crippen LogP contribution in [0.15, 0.2) is 59.4 Å². The second kappa shape index (κ2) is 7.53. The lowest BCUT2D eigenvalue weighted by molar-refractivity contribution is 0.0291. The number of hydrogen-bond acceptors (Lipinski definition) is 7. The van der Waals surface area contributed by atoms with Gasteiger partial charge >= 0.3 is 0 Å². The van der Waals surface area contributed by atoms with Crippen LogP contribution in [0.4, 0.5) is 5.69 Å². The van der Waals surface area contributed by atoms with Gasteiger partial charge in [-0.25, -0.2) is 15.4 Å². The molecule has 3 aromatic rings. The third kappa shape index (κ3) is 3.54. The van der Waals surface area contributed by atoms with Gasteiger partial charge in [-0.1, -0.05) is 24.3 Å². The largest absolute Gasteiger partial charge is 0.268 e. The van der Waals surface area contributed by atoms with E-state index >= 15 is 0 Å². The first-order valence-corrected chi connectivity index (χ1v) is 8.98. The van der Waals surface area contributed by atoms with E-state index in [4.69, 9.17) is 0 Å². The highest BCUT2D eigenvalue weighted by Gasteiger charge is 2.17. The van der Waals surface area contributed by atoms with Crippen molar-refractivity contribution in [1.29, 1.82) is 0 Å². The third-order valence-electron chi connectivity index (χ3n) is 4.76. The Morgan fingerprint density at radius 2 is 2.04 bits per heavy atom. The fraction of sp³-hybridized carbons (Fsp3) is 0.200. The Bertz CT molecular complexity index is 1090. The summed E-state index contributed by atoms with van der Waals surface area (Å²) in [4.78, 5) is 17.9. The van der Waals surface area contributed by atoms with Gasteiger partial charge in [0.15, 0.2) is 0 Å². The topological polar surface area (TPSA) is 93.9 Å². The monoisotopic (exact) mass is 379 g/mol. The van der Waals surface area contributed by atoms with Gasteiger partial charge in [0.1, 0.15) is 5.82 Å². The SMILES string of the molecule is CN1CCC(C=Cc2nc3ccccc3c(=O)n2-c2cccc(N(O)O)c2)N1. The van der Waals surface area contributed by atoms with E-state index in [1.54, 1.807) is 30.3 Å². The van der Waals surface area contributed by atoms with Crippen LogP contribution >= 0.6 is 0 Å². The number of nitrogens with zero attached hydrogens (tertiary/aromatic N) is 4. The Morgan fingerprint density at radius 1 is 1.21 bits per heavy atom. The summed E-state index contributed by atoms with van der Waals surface area (Å²) in [5.41, 5.74) is 4.35. The molecule has 1 aliphatic rings. The molecule has 144 valence electrons. The van der Waals surface area contributed by atoms with Crippen molar-refractivity contribution in [3.8, 4) is 5.69 Å². The van der Waals surface area contributed by atoms with Gasteiger partial charge in [-0.2, -0.15) is 0 Å². The highest BCUT2D eigenvalue weighted by molar-refractivity contribution is 5.79. The summed E-state index contributed by atoms with van der Waals surface area (Å²) in [5.74, 6) is 0.472. The summed E-state index contributed by atoms with van der Waals surface area (Å²) >= 11 is 0. The zero-order valence-corrected chi connectivity index (χ0v) is 15.4. The molecule has 28 heavy (non-hydrogen) atoms. The number of anilines is 1. The quantitative estimate of drug-likeness (QED) is 0.598. The molecule has 3 N–H and O–H groups in total. The van der Waals surface area contributed by atoms with Gasteiger partial charge in [0, 0.05) is 19.6 Å². The first-order valence-electron chi connectivity index (χ1n) is 8.98. The summed E-state index contributed by atoms with van der Waals surface area (Å²) in [6, 6.07) is 13.7. The first kappa shape index (κ1) is 18.3. The van der Waals surface area contributed by atoms with Crippen LogP contribution in [0.5, 0.6) is 0 Å². The predicted octanol–water partition coefficient (Wildman–Crippen LogP) is 2.19. The predicted molar refractivity (Wildman–Crippen MR) is 107 cm³/mol. The van der Waals surface area contributed by atoms with Crippen LogP contribution < -0.4 is 16.2 Å². The summed E-state index contributed by atoms with van der Waals surface area (Å²) in [6.45, 7) is 0.942. The zero-order valence-electron chi connectivity index (χ0n) is 15.4. The van der Waals surface area contributed by atoms with E-state index in [-0.39, 0.29) is 22.5 Å². The maximum absolute atomic E-state index is 13.2. The molecular formula is C20H21N5O3. The highest BCUT2D eigenvalue weighted by atomic mass is 16.8. The Labute approximate surface area is 161 Å². The van der Waals surface area contributed by atoms with Gasteiger partial charge in [0.05, 0.1) is 22.3 Å². The normalized spacial score (nSPS) is 17.6. The van der Waals surface area contributed by atoms with Gasteiger partial charge in [0.25, 0.3) is 5.56 Å². The number of nitrogens with one attached hydrogen (secondary N) is 1. The summed E-state index contributed by atoms with van der Waals surface area (Å²) in [6.07, 6.45) is 4.78. The van der Waals surface area contributed by atoms with E-state index in [1.807, 2.05) is 30.3 Å². The highest BCUT2D eigenvalue weighted by Crippen LogP contribution is 2.19. The van der Waals surface area contributed by atoms with E-state index in [2.05, 4.69) is 10.4 Å². The number of hydrogen-bond donors (Lipinski definition) is 3. The van der Waals surface area contributed by atoms with E-state index in [9.17, 15) is 15.2 Å². The van der Waals surface area contributed by atoms with Gasteiger partial charge < -0.3 is 0 Å². The van der Waals surface area contributed by atoms with E-state index < -0.39 is 0 Å². The summed E-state index contributed by atoms with van der Waals surface area (Å²) < 4.78 is 1.48. The molecule has 0 bridgehead atoms. The fourth-order valence-electron chi connectivity index (χ4n) is 3.35. The molecule has 1 unspecified atom stereocenters. The number of fused-ring (bicyclic) bond motifs is 1. The van der Waals surface area contributed by atoms with Gasteiger partial charge in [-0.05, 0) is 42.8 Å². The molecule has 0 spiro atoms. The Kier molecular flexibility index (Phi) is 4.93. The number of hydrazine groups is 1. The third-order valence-corrected chi connectivity index (χ3v) is 4.76. The lowest BCUT2D eigenvalue weighted by Crippen LogP contribution is -2.31. The number of aromatic nitrogens is 2. The number of rotatable bonds is 4. The maximum Gasteiger partial charge on any atom is 0.266 e. The molecule has 8 nitrogen and oxygen atoms in total. The molecule has 1 fully saturated rings. The molecule has 2 aromatic carbocycles. The Hall–Kier alpha value is -3.04. The molecule has 0 radical (unpaired) electrons. The average molecular weight is 379 g/mol. The maximum atomic E-state index is 13.2. The van der Waals surface area contributed by atoms with Crippen molar-refractivity contribution in [3.05, 3.63) is 70.8 Å². The smallest absolute Gasteiger partial charge is 0.266 e. The molecule has 1 atom stereocenters. The molecule has 1 saturated heterocycles. The van der Waals surface area contributed by atoms with Crippen LogP contribution in [0.2, 0.25) is 0 Å². The average Bonchev–Trinajstić information content (AvgIpc) is 3.12. The van der Waals surface area contributed by atoms with Crippen LogP contribution in [0.3, 0.4) is 0 Å². The van der Waals surface area contributed by atoms with Crippen molar-refractivity contribution >= 4 is 22.7 Å². The van der Waals surface area contributed by atoms with E-state index in [0.29, 0.717) is 22.4 Å². The second-order valence-electron chi connectivity index (χ2n) is 6.74. The van der Waals surface area contributed by atoms with Crippen molar-refractivity contribution in [1.82, 2.24) is 20.0 Å². The molecule has 0 saturated carbocycles. The molecular weight excluding hydrogens is 358 g/mol. The first-order chi connectivity index (χ1) is 13.5. The standard InChI is InChI=1S/C20H21N5O3/c1-23-12-11-14(22-23)9-10-19-21-18-8-3-2-7-17(18)20(26)24(19)15-5-4-6-16(13-15)25(27)28/h2-10,13-14,22,27-28H,11-12H2,1H3. The minimum atomic E-state index is -0.221. The van der Waals surface area contributed by atoms with E-state index in [1.165, 1.54) is 16.7 Å². The molecule has 2 heterocycles. The lowest BCUT2D eigenvalue weighted by atomic mass is 10.2. The molecule has 8 heteroatoms. The summed E-state index contributed by atoms with van der Waals surface area (Å²) in [7, 11) is 1.99. The number of benzene rings is 2. The number of para-hydroxylation sites is 1. The Morgan fingerprint density at radius 3 is 2.79 bits per heavy atom. The minimum Gasteiger partial charge on any atom is -0.268 e. The van der Waals surface area contributed by atoms with Crippen molar-refractivity contribution in [3.63, 3.8) is 0 Å². The zero-order chi connectivity index (χ0) is 19.7. The molecule has 0 amide bonds. The van der Waals surface area contributed by atoms with Crippen molar-refractivity contribution < 1.29 is 10.4 Å². The second-order valence-corrected chi connectivity index (χ2v) is 6.74. The summed E-state index contributed by atoms with van der Waals surface area (Å²) in [5, 5.41) is 21.2. The van der Waals surface area contributed by atoms with Crippen LogP contribution in [0.25, 0.3) is 22.7 Å². The van der Waals surface area contributed by atoms with Crippen molar-refractivity contribution in [2.24, 2.45) is 0 Å². The van der Waals surface area contributed by atoms with Gasteiger partial charge in [0.2, 0.25) is 0 Å². The van der Waals surface area contributed by atoms with E-state index in [0.717, 1.165) is 13.0 Å². The van der Waals surface area contributed by atoms with Crippen LogP contribution in [-0.2, 0) is 0 Å². The molecule has 1 aliphatic heterocycles. The molecule has 0 aliphatic carbocycles. The van der Waals surface area contributed by atoms with Crippen molar-refractivity contribution in [2.75, 3.05) is 18.8 Å². The van der Waals surface area contributed by atoms with Crippen molar-refractivity contribution in [2.45, 2.75) is 12.5 Å². The molecule has 4 rings (SSSR count). The van der Waals surface area contributed by atoms with Gasteiger partial charge in [-0.15, -0.1) is 5.23 Å². The van der Waals surface area contributed by atoms with Crippen LogP contribution in [0.1, 0.15) is 12.2 Å². The van der Waals surface area contributed by atoms with Crippen LogP contribution in [-0.4, -0.2) is 44.6 Å². The fourth-order valence-corrected chi connectivity index (χ4v) is 3.35. The molecule has 1 aromatic heterocycles. The Balaban J connectivity index is 1.87.